The molecule has 1 unspecified atom stereocenters. The van der Waals surface area contributed by atoms with Gasteiger partial charge in [-0.3, -0.25) is 9.69 Å². The molecule has 0 N–H and O–H groups in total. The first-order chi connectivity index (χ1) is 16.8. The maximum atomic E-state index is 13.2. The summed E-state index contributed by atoms with van der Waals surface area (Å²) in [7, 11) is 2.21. The number of anilines is 1. The Balaban J connectivity index is 1.51. The lowest BCUT2D eigenvalue weighted by Gasteiger charge is -2.42. The molecule has 3 aromatic heterocycles. The number of furan rings is 2. The van der Waals surface area contributed by atoms with Gasteiger partial charge in [-0.15, -0.1) is 0 Å². The van der Waals surface area contributed by atoms with Crippen LogP contribution in [0.4, 0.5) is 5.82 Å². The normalized spacial score (nSPS) is 21.3. The summed E-state index contributed by atoms with van der Waals surface area (Å²) in [4.78, 5) is 25.3. The summed E-state index contributed by atoms with van der Waals surface area (Å²) in [5.41, 5.74) is 5.26. The van der Waals surface area contributed by atoms with Gasteiger partial charge in [0.05, 0.1) is 30.0 Å². The van der Waals surface area contributed by atoms with E-state index in [0.29, 0.717) is 23.9 Å². The molecule has 7 nitrogen and oxygen atoms in total. The lowest BCUT2D eigenvalue weighted by molar-refractivity contribution is 0.0671. The highest BCUT2D eigenvalue weighted by Crippen LogP contribution is 2.41. The highest BCUT2D eigenvalue weighted by atomic mass is 16.3. The van der Waals surface area contributed by atoms with Crippen molar-refractivity contribution in [1.29, 1.82) is 0 Å². The Morgan fingerprint density at radius 3 is 2.60 bits per heavy atom. The smallest absolute Gasteiger partial charge is 0.257 e. The molecule has 2 atom stereocenters. The number of piperazine rings is 1. The number of aromatic nitrogens is 1. The zero-order chi connectivity index (χ0) is 24.7. The van der Waals surface area contributed by atoms with Crippen molar-refractivity contribution in [3.05, 3.63) is 59.6 Å². The largest absolute Gasteiger partial charge is 0.472 e. The molecular weight excluding hydrogens is 440 g/mol. The average molecular weight is 477 g/mol. The number of carbonyl (C=O) groups excluding carboxylic acids is 1. The lowest BCUT2D eigenvalue weighted by atomic mass is 9.94. The van der Waals surface area contributed by atoms with Crippen LogP contribution in [0.5, 0.6) is 0 Å². The monoisotopic (exact) mass is 476 g/mol. The molecule has 3 aromatic rings. The molecule has 2 aliphatic rings. The molecule has 0 radical (unpaired) electrons. The molecule has 0 aromatic carbocycles. The third-order valence-corrected chi connectivity index (χ3v) is 7.60. The van der Waals surface area contributed by atoms with Crippen LogP contribution in [0.15, 0.2) is 45.8 Å². The van der Waals surface area contributed by atoms with Crippen molar-refractivity contribution in [1.82, 2.24) is 14.8 Å². The second-order valence-corrected chi connectivity index (χ2v) is 10.3. The van der Waals surface area contributed by atoms with Crippen molar-refractivity contribution < 1.29 is 13.6 Å². The fraction of sp³-hybridized carbons (Fsp3) is 0.500. The van der Waals surface area contributed by atoms with Crippen molar-refractivity contribution in [2.24, 2.45) is 0 Å². The molecule has 2 fully saturated rings. The van der Waals surface area contributed by atoms with Gasteiger partial charge in [0.15, 0.2) is 0 Å². The molecule has 2 aliphatic heterocycles. The highest BCUT2D eigenvalue weighted by Gasteiger charge is 2.34. The van der Waals surface area contributed by atoms with Crippen LogP contribution in [0.2, 0.25) is 0 Å². The van der Waals surface area contributed by atoms with E-state index in [0.717, 1.165) is 48.7 Å². The molecule has 7 heteroatoms. The average Bonchev–Trinajstić information content (AvgIpc) is 3.60. The molecule has 2 saturated heterocycles. The van der Waals surface area contributed by atoms with E-state index in [1.807, 2.05) is 24.2 Å². The van der Waals surface area contributed by atoms with Crippen LogP contribution in [-0.4, -0.2) is 60.0 Å². The van der Waals surface area contributed by atoms with Gasteiger partial charge in [-0.25, -0.2) is 4.98 Å². The fourth-order valence-corrected chi connectivity index (χ4v) is 5.64. The van der Waals surface area contributed by atoms with E-state index in [-0.39, 0.29) is 17.9 Å². The van der Waals surface area contributed by atoms with Gasteiger partial charge in [-0.2, -0.15) is 0 Å². The number of carbonyl (C=O) groups is 1. The molecule has 5 heterocycles. The van der Waals surface area contributed by atoms with Crippen LogP contribution in [-0.2, 0) is 0 Å². The molecular formula is C28H36N4O3. The first-order valence-electron chi connectivity index (χ1n) is 12.7. The molecule has 186 valence electrons. The van der Waals surface area contributed by atoms with E-state index in [1.165, 1.54) is 12.0 Å². The number of amides is 1. The predicted molar refractivity (Wildman–Crippen MR) is 137 cm³/mol. The first-order valence-corrected chi connectivity index (χ1v) is 12.7. The SMILES string of the molecule is Cc1occc1C(=O)N1CCN(c2nc(C(C)C)c(-c3ccoc3)cc2[C@H]2CCCN2C)CC1C. The first kappa shape index (κ1) is 23.7. The lowest BCUT2D eigenvalue weighted by Crippen LogP contribution is -2.54. The minimum atomic E-state index is 0.0466. The number of hydrogen-bond acceptors (Lipinski definition) is 6. The van der Waals surface area contributed by atoms with Gasteiger partial charge in [0.1, 0.15) is 11.6 Å². The van der Waals surface area contributed by atoms with E-state index in [9.17, 15) is 4.79 Å². The van der Waals surface area contributed by atoms with Gasteiger partial charge in [0.2, 0.25) is 0 Å². The van der Waals surface area contributed by atoms with Gasteiger partial charge in [-0.05, 0) is 64.4 Å². The maximum Gasteiger partial charge on any atom is 0.257 e. The standard InChI is InChI=1S/C28H36N4O3/c1-18(2)26-23(21-8-13-34-17-21)15-24(25-7-6-10-30(25)5)27(29-26)31-11-12-32(19(3)16-31)28(33)22-9-14-35-20(22)4/h8-9,13-15,17-19,25H,6-7,10-12,16H2,1-5H3/t19?,25-/m1/s1. The number of hydrogen-bond donors (Lipinski definition) is 0. The number of nitrogens with zero attached hydrogens (tertiary/aromatic N) is 4. The van der Waals surface area contributed by atoms with Gasteiger partial charge in [-0.1, -0.05) is 13.8 Å². The Morgan fingerprint density at radius 1 is 1.17 bits per heavy atom. The molecule has 0 spiro atoms. The molecule has 0 bridgehead atoms. The molecule has 1 amide bonds. The van der Waals surface area contributed by atoms with Gasteiger partial charge in [0.25, 0.3) is 5.91 Å². The molecule has 35 heavy (non-hydrogen) atoms. The third kappa shape index (κ3) is 4.38. The summed E-state index contributed by atoms with van der Waals surface area (Å²) < 4.78 is 10.8. The fourth-order valence-electron chi connectivity index (χ4n) is 5.64. The van der Waals surface area contributed by atoms with Crippen molar-refractivity contribution in [2.45, 2.75) is 58.5 Å². The Hall–Kier alpha value is -3.06. The second-order valence-electron chi connectivity index (χ2n) is 10.3. The number of likely N-dealkylation sites (tertiary alicyclic amines) is 1. The quantitative estimate of drug-likeness (QED) is 0.486. The Kier molecular flexibility index (Phi) is 6.45. The van der Waals surface area contributed by atoms with Crippen LogP contribution >= 0.6 is 0 Å². The predicted octanol–water partition coefficient (Wildman–Crippen LogP) is 5.48. The molecule has 0 aliphatic carbocycles. The number of pyridine rings is 1. The summed E-state index contributed by atoms with van der Waals surface area (Å²) in [5, 5.41) is 0. The third-order valence-electron chi connectivity index (χ3n) is 7.60. The summed E-state index contributed by atoms with van der Waals surface area (Å²) >= 11 is 0. The number of aryl methyl sites for hydroxylation is 1. The number of rotatable bonds is 5. The Bertz CT molecular complexity index is 1180. The van der Waals surface area contributed by atoms with Crippen molar-refractivity contribution in [3.63, 3.8) is 0 Å². The van der Waals surface area contributed by atoms with E-state index in [1.54, 1.807) is 18.6 Å². The van der Waals surface area contributed by atoms with E-state index in [2.05, 4.69) is 43.7 Å². The van der Waals surface area contributed by atoms with Gasteiger partial charge in [0, 0.05) is 48.4 Å². The van der Waals surface area contributed by atoms with Crippen molar-refractivity contribution >= 4 is 11.7 Å². The maximum absolute atomic E-state index is 13.2. The van der Waals surface area contributed by atoms with Crippen molar-refractivity contribution in [2.75, 3.05) is 38.1 Å². The van der Waals surface area contributed by atoms with Gasteiger partial charge >= 0.3 is 0 Å². The van der Waals surface area contributed by atoms with Crippen LogP contribution < -0.4 is 4.90 Å². The summed E-state index contributed by atoms with van der Waals surface area (Å²) in [6.07, 6.45) is 7.46. The van der Waals surface area contributed by atoms with Crippen LogP contribution in [0.3, 0.4) is 0 Å². The minimum Gasteiger partial charge on any atom is -0.472 e. The summed E-state index contributed by atoms with van der Waals surface area (Å²) in [5.74, 6) is 2.07. The summed E-state index contributed by atoms with van der Waals surface area (Å²) in [6, 6.07) is 6.56. The van der Waals surface area contributed by atoms with Crippen LogP contribution in [0.1, 0.15) is 72.9 Å². The molecule has 5 rings (SSSR count). The molecule has 0 saturated carbocycles. The van der Waals surface area contributed by atoms with Crippen molar-refractivity contribution in [3.8, 4) is 11.1 Å². The van der Waals surface area contributed by atoms with Gasteiger partial charge < -0.3 is 18.6 Å². The Labute approximate surface area is 207 Å². The second kappa shape index (κ2) is 9.53. The van der Waals surface area contributed by atoms with E-state index in [4.69, 9.17) is 13.8 Å². The zero-order valence-corrected chi connectivity index (χ0v) is 21.5. The topological polar surface area (TPSA) is 66.0 Å². The summed E-state index contributed by atoms with van der Waals surface area (Å²) in [6.45, 7) is 11.6. The zero-order valence-electron chi connectivity index (χ0n) is 21.5. The van der Waals surface area contributed by atoms with E-state index < -0.39 is 0 Å². The van der Waals surface area contributed by atoms with E-state index >= 15 is 0 Å². The van der Waals surface area contributed by atoms with Crippen LogP contribution in [0, 0.1) is 6.92 Å². The minimum absolute atomic E-state index is 0.0466. The Morgan fingerprint density at radius 2 is 2.00 bits per heavy atom. The van der Waals surface area contributed by atoms with Crippen LogP contribution in [0.25, 0.3) is 11.1 Å². The highest BCUT2D eigenvalue weighted by molar-refractivity contribution is 5.95.